The maximum Gasteiger partial charge on any atom is 0.243 e. The van der Waals surface area contributed by atoms with Crippen molar-refractivity contribution in [1.82, 2.24) is 4.31 Å². The number of hydrogen-bond acceptors (Lipinski definition) is 5. The van der Waals surface area contributed by atoms with Crippen LogP contribution in [0, 0.1) is 0 Å². The fourth-order valence-corrected chi connectivity index (χ4v) is 4.18. The molecule has 0 unspecified atom stereocenters. The number of aliphatic hydroxyl groups excluding tert-OH is 1. The van der Waals surface area contributed by atoms with Gasteiger partial charge in [0.15, 0.2) is 0 Å². The summed E-state index contributed by atoms with van der Waals surface area (Å²) < 4.78 is 32.2. The Bertz CT molecular complexity index is 684. The van der Waals surface area contributed by atoms with Crippen molar-refractivity contribution in [3.63, 3.8) is 0 Å². The first-order valence-corrected chi connectivity index (χ1v) is 9.22. The molecule has 9 heteroatoms. The Labute approximate surface area is 142 Å². The Balaban J connectivity index is 2.19. The van der Waals surface area contributed by atoms with E-state index < -0.39 is 10.0 Å². The van der Waals surface area contributed by atoms with E-state index in [1.807, 2.05) is 0 Å². The van der Waals surface area contributed by atoms with Gasteiger partial charge in [-0.1, -0.05) is 0 Å². The van der Waals surface area contributed by atoms with E-state index in [0.29, 0.717) is 44.2 Å². The Hall–Kier alpha value is -1.68. The normalized spacial score (nSPS) is 16.8. The molecule has 3 N–H and O–H groups in total. The number of ether oxygens (including phenoxy) is 1. The molecule has 1 saturated heterocycles. The number of carbonyl (C=O) groups excluding carboxylic acids is 1. The molecule has 0 aliphatic carbocycles. The molecule has 1 aromatic carbocycles. The third-order valence-electron chi connectivity index (χ3n) is 4.02. The highest BCUT2D eigenvalue weighted by molar-refractivity contribution is 7.89. The monoisotopic (exact) mass is 358 g/mol. The summed E-state index contributed by atoms with van der Waals surface area (Å²) in [7, 11) is -2.19. The molecule has 0 aromatic heterocycles. The van der Waals surface area contributed by atoms with E-state index in [1.54, 1.807) is 0 Å². The lowest BCUT2D eigenvalue weighted by Gasteiger charge is -2.31. The lowest BCUT2D eigenvalue weighted by atomic mass is 10.3. The maximum absolute atomic E-state index is 12.8. The first-order valence-electron chi connectivity index (χ1n) is 7.78. The van der Waals surface area contributed by atoms with Crippen LogP contribution in [0.5, 0.6) is 5.75 Å². The Morgan fingerprint density at radius 1 is 1.38 bits per heavy atom. The summed E-state index contributed by atoms with van der Waals surface area (Å²) in [6.45, 7) is 4.26. The zero-order chi connectivity index (χ0) is 17.7. The van der Waals surface area contributed by atoms with Crippen molar-refractivity contribution < 1.29 is 28.0 Å². The minimum absolute atomic E-state index is 0.101. The van der Waals surface area contributed by atoms with E-state index in [2.05, 4.69) is 5.32 Å². The molecular weight excluding hydrogens is 334 g/mol. The van der Waals surface area contributed by atoms with Crippen LogP contribution in [0.3, 0.4) is 0 Å². The van der Waals surface area contributed by atoms with Crippen LogP contribution in [0.15, 0.2) is 23.1 Å². The number of anilines is 1. The second-order valence-corrected chi connectivity index (χ2v) is 7.61. The molecule has 8 nitrogen and oxygen atoms in total. The number of piperazine rings is 1. The summed E-state index contributed by atoms with van der Waals surface area (Å²) in [6, 6.07) is 4.42. The van der Waals surface area contributed by atoms with E-state index in [1.165, 1.54) is 41.4 Å². The number of carbonyl (C=O) groups is 1. The zero-order valence-electron chi connectivity index (χ0n) is 13.9. The first-order chi connectivity index (χ1) is 11.4. The van der Waals surface area contributed by atoms with Gasteiger partial charge in [-0.15, -0.1) is 0 Å². The first kappa shape index (κ1) is 18.7. The topological polar surface area (TPSA) is 100 Å². The van der Waals surface area contributed by atoms with E-state index in [9.17, 15) is 13.2 Å². The van der Waals surface area contributed by atoms with Crippen molar-refractivity contribution in [3.05, 3.63) is 18.2 Å². The number of amides is 1. The molecule has 134 valence electrons. The van der Waals surface area contributed by atoms with Gasteiger partial charge in [-0.05, 0) is 12.1 Å². The fraction of sp³-hybridized carbons (Fsp3) is 0.533. The fourth-order valence-electron chi connectivity index (χ4n) is 2.72. The number of sulfonamides is 1. The summed E-state index contributed by atoms with van der Waals surface area (Å²) in [5, 5.41) is 11.6. The molecule has 1 amide bonds. The van der Waals surface area contributed by atoms with Gasteiger partial charge in [-0.3, -0.25) is 4.79 Å². The average Bonchev–Trinajstić information content (AvgIpc) is 2.55. The molecule has 0 spiro atoms. The van der Waals surface area contributed by atoms with Gasteiger partial charge in [0.05, 0.1) is 50.5 Å². The van der Waals surface area contributed by atoms with Crippen LogP contribution in [0.25, 0.3) is 0 Å². The number of nitrogens with zero attached hydrogens (tertiary/aromatic N) is 1. The third-order valence-corrected chi connectivity index (χ3v) is 5.91. The molecule has 2 rings (SSSR count). The molecule has 1 fully saturated rings. The highest BCUT2D eigenvalue weighted by Gasteiger charge is 2.30. The molecule has 0 radical (unpaired) electrons. The van der Waals surface area contributed by atoms with Crippen LogP contribution in [0.4, 0.5) is 5.69 Å². The van der Waals surface area contributed by atoms with Gasteiger partial charge in [-0.2, -0.15) is 4.31 Å². The highest BCUT2D eigenvalue weighted by atomic mass is 32.2. The lowest BCUT2D eigenvalue weighted by Crippen LogP contribution is -3.15. The molecule has 1 aliphatic heterocycles. The standard InChI is InChI=1S/C15H23N3O5S/c1-12(20)16-14-4-3-13(11-15(14)23-2)24(21,22)18-7-5-17(6-8-18)9-10-19/h3-4,11,19H,5-10H2,1-2H3,(H,16,20)/p+1. The Morgan fingerprint density at radius 2 is 2.04 bits per heavy atom. The summed E-state index contributed by atoms with van der Waals surface area (Å²) in [5.74, 6) is 0.0442. The van der Waals surface area contributed by atoms with Gasteiger partial charge < -0.3 is 20.1 Å². The maximum atomic E-state index is 12.8. The van der Waals surface area contributed by atoms with Gasteiger partial charge in [0, 0.05) is 13.0 Å². The van der Waals surface area contributed by atoms with Crippen molar-refractivity contribution in [2.45, 2.75) is 11.8 Å². The van der Waals surface area contributed by atoms with Crippen LogP contribution in [0.2, 0.25) is 0 Å². The van der Waals surface area contributed by atoms with Crippen LogP contribution in [-0.4, -0.2) is 70.2 Å². The smallest absolute Gasteiger partial charge is 0.243 e. The van der Waals surface area contributed by atoms with E-state index in [-0.39, 0.29) is 17.4 Å². The van der Waals surface area contributed by atoms with Crippen molar-refractivity contribution in [2.24, 2.45) is 0 Å². The van der Waals surface area contributed by atoms with Crippen LogP contribution >= 0.6 is 0 Å². The molecule has 1 aliphatic rings. The van der Waals surface area contributed by atoms with Gasteiger partial charge in [0.25, 0.3) is 0 Å². The van der Waals surface area contributed by atoms with Gasteiger partial charge >= 0.3 is 0 Å². The third kappa shape index (κ3) is 4.23. The molecule has 0 atom stereocenters. The number of benzene rings is 1. The molecule has 1 aromatic rings. The molecule has 1 heterocycles. The summed E-state index contributed by atoms with van der Waals surface area (Å²) in [6.07, 6.45) is 0. The number of aliphatic hydroxyl groups is 1. The van der Waals surface area contributed by atoms with E-state index in [4.69, 9.17) is 9.84 Å². The number of rotatable bonds is 6. The van der Waals surface area contributed by atoms with E-state index in [0.717, 1.165) is 0 Å². The Kier molecular flexibility index (Phi) is 6.16. The highest BCUT2D eigenvalue weighted by Crippen LogP contribution is 2.29. The van der Waals surface area contributed by atoms with Crippen molar-refractivity contribution in [3.8, 4) is 5.75 Å². The van der Waals surface area contributed by atoms with Crippen LogP contribution in [-0.2, 0) is 14.8 Å². The molecular formula is C15H24N3O5S+. The lowest BCUT2D eigenvalue weighted by molar-refractivity contribution is -0.904. The summed E-state index contributed by atoms with van der Waals surface area (Å²) >= 11 is 0. The van der Waals surface area contributed by atoms with Gasteiger partial charge in [0.2, 0.25) is 15.9 Å². The quantitative estimate of drug-likeness (QED) is 0.577. The zero-order valence-corrected chi connectivity index (χ0v) is 14.7. The second kappa shape index (κ2) is 7.93. The SMILES string of the molecule is COc1cc(S(=O)(=O)N2CC[NH+](CCO)CC2)ccc1NC(C)=O. The van der Waals surface area contributed by atoms with Crippen molar-refractivity contribution in [1.29, 1.82) is 0 Å². The second-order valence-electron chi connectivity index (χ2n) is 5.67. The summed E-state index contributed by atoms with van der Waals surface area (Å²) in [5.41, 5.74) is 0.432. The number of nitrogens with one attached hydrogen (secondary N) is 2. The van der Waals surface area contributed by atoms with Crippen molar-refractivity contribution in [2.75, 3.05) is 51.8 Å². The Morgan fingerprint density at radius 3 is 2.58 bits per heavy atom. The van der Waals surface area contributed by atoms with Crippen LogP contribution < -0.4 is 15.0 Å². The van der Waals surface area contributed by atoms with Gasteiger partial charge in [0.1, 0.15) is 12.3 Å². The number of quaternary nitrogens is 1. The minimum Gasteiger partial charge on any atom is -0.495 e. The number of methoxy groups -OCH3 is 1. The molecule has 0 saturated carbocycles. The van der Waals surface area contributed by atoms with Crippen LogP contribution in [0.1, 0.15) is 6.92 Å². The average molecular weight is 358 g/mol. The summed E-state index contributed by atoms with van der Waals surface area (Å²) in [4.78, 5) is 12.5. The predicted molar refractivity (Wildman–Crippen MR) is 88.7 cm³/mol. The van der Waals surface area contributed by atoms with Gasteiger partial charge in [-0.25, -0.2) is 8.42 Å². The number of hydrogen-bond donors (Lipinski definition) is 3. The van der Waals surface area contributed by atoms with E-state index >= 15 is 0 Å². The molecule has 24 heavy (non-hydrogen) atoms. The van der Waals surface area contributed by atoms with Crippen molar-refractivity contribution >= 4 is 21.6 Å². The largest absolute Gasteiger partial charge is 0.495 e. The minimum atomic E-state index is -3.61. The molecule has 0 bridgehead atoms. The predicted octanol–water partition coefficient (Wildman–Crippen LogP) is -1.46.